The van der Waals surface area contributed by atoms with Crippen molar-refractivity contribution in [1.82, 2.24) is 10.3 Å². The van der Waals surface area contributed by atoms with E-state index >= 15 is 0 Å². The first-order valence-electron chi connectivity index (χ1n) is 6.79. The molecule has 0 aliphatic rings. The molecule has 1 N–H and O–H groups in total. The van der Waals surface area contributed by atoms with Gasteiger partial charge in [-0.1, -0.05) is 6.07 Å². The minimum atomic E-state index is -0.393. The Labute approximate surface area is 123 Å². The van der Waals surface area contributed by atoms with E-state index in [2.05, 4.69) is 10.3 Å². The molecule has 2 rings (SSSR count). The third-order valence-corrected chi connectivity index (χ3v) is 2.95. The van der Waals surface area contributed by atoms with Crippen LogP contribution in [0.5, 0.6) is 0 Å². The van der Waals surface area contributed by atoms with Crippen molar-refractivity contribution in [3.63, 3.8) is 0 Å². The summed E-state index contributed by atoms with van der Waals surface area (Å²) in [5.41, 5.74) is 1.61. The van der Waals surface area contributed by atoms with Gasteiger partial charge in [0.25, 0.3) is 5.91 Å². The molecular formula is C16H18N2O3. The normalized spacial score (nSPS) is 12.0. The van der Waals surface area contributed by atoms with Crippen molar-refractivity contribution >= 4 is 5.91 Å². The fourth-order valence-corrected chi connectivity index (χ4v) is 2.09. The second-order valence-corrected chi connectivity index (χ2v) is 5.12. The van der Waals surface area contributed by atoms with Gasteiger partial charge in [0.1, 0.15) is 5.76 Å². The van der Waals surface area contributed by atoms with E-state index in [1.807, 2.05) is 32.0 Å². The smallest absolute Gasteiger partial charge is 0.287 e. The first-order valence-corrected chi connectivity index (χ1v) is 6.79. The lowest BCUT2D eigenvalue weighted by Gasteiger charge is -2.13. The summed E-state index contributed by atoms with van der Waals surface area (Å²) in [5, 5.41) is 2.81. The predicted octanol–water partition coefficient (Wildman–Crippen LogP) is 2.01. The summed E-state index contributed by atoms with van der Waals surface area (Å²) in [4.78, 5) is 27.8. The summed E-state index contributed by atoms with van der Waals surface area (Å²) in [6.07, 6.45) is 0.615. The van der Waals surface area contributed by atoms with Crippen LogP contribution in [0.4, 0.5) is 0 Å². The lowest BCUT2D eigenvalue weighted by Crippen LogP contribution is -2.34. The maximum absolute atomic E-state index is 12.1. The molecule has 0 aromatic carbocycles. The van der Waals surface area contributed by atoms with Gasteiger partial charge in [0.05, 0.1) is 0 Å². The Bertz CT molecular complexity index is 707. The van der Waals surface area contributed by atoms with Gasteiger partial charge in [0, 0.05) is 36.0 Å². The van der Waals surface area contributed by atoms with Crippen LogP contribution < -0.4 is 10.7 Å². The maximum atomic E-state index is 12.1. The molecule has 0 fully saturated rings. The first-order chi connectivity index (χ1) is 9.94. The predicted molar refractivity (Wildman–Crippen MR) is 79.3 cm³/mol. The number of carbonyl (C=O) groups is 1. The average molecular weight is 286 g/mol. The van der Waals surface area contributed by atoms with Crippen LogP contribution in [-0.2, 0) is 6.42 Å². The molecule has 0 aliphatic carbocycles. The van der Waals surface area contributed by atoms with Crippen LogP contribution in [0.2, 0.25) is 0 Å². The fourth-order valence-electron chi connectivity index (χ4n) is 2.09. The van der Waals surface area contributed by atoms with Gasteiger partial charge in [0.15, 0.2) is 11.2 Å². The number of pyridine rings is 1. The Morgan fingerprint density at radius 3 is 2.76 bits per heavy atom. The Hall–Kier alpha value is -2.43. The van der Waals surface area contributed by atoms with Crippen molar-refractivity contribution in [2.75, 3.05) is 0 Å². The second-order valence-electron chi connectivity index (χ2n) is 5.12. The highest BCUT2D eigenvalue weighted by Gasteiger charge is 2.14. The topological polar surface area (TPSA) is 72.2 Å². The number of nitrogens with zero attached hydrogens (tertiary/aromatic N) is 1. The Kier molecular flexibility index (Phi) is 4.52. The minimum absolute atomic E-state index is 0.0315. The van der Waals surface area contributed by atoms with Gasteiger partial charge in [-0.15, -0.1) is 0 Å². The third-order valence-electron chi connectivity index (χ3n) is 2.95. The summed E-state index contributed by atoms with van der Waals surface area (Å²) < 4.78 is 5.26. The molecule has 0 bridgehead atoms. The highest BCUT2D eigenvalue weighted by molar-refractivity contribution is 5.91. The van der Waals surface area contributed by atoms with Gasteiger partial charge >= 0.3 is 0 Å². The summed E-state index contributed by atoms with van der Waals surface area (Å²) in [5.74, 6) is 0.0562. The van der Waals surface area contributed by atoms with Crippen LogP contribution >= 0.6 is 0 Å². The molecule has 2 heterocycles. The van der Waals surface area contributed by atoms with Crippen LogP contribution in [0, 0.1) is 13.8 Å². The summed E-state index contributed by atoms with van der Waals surface area (Å²) in [7, 11) is 0. The van der Waals surface area contributed by atoms with Crippen LogP contribution in [0.25, 0.3) is 0 Å². The van der Waals surface area contributed by atoms with E-state index in [1.54, 1.807) is 6.92 Å². The van der Waals surface area contributed by atoms with E-state index in [-0.39, 0.29) is 17.2 Å². The fraction of sp³-hybridized carbons (Fsp3) is 0.312. The molecule has 2 aromatic heterocycles. The number of aryl methyl sites for hydroxylation is 2. The highest BCUT2D eigenvalue weighted by atomic mass is 16.3. The minimum Gasteiger partial charge on any atom is -0.456 e. The summed E-state index contributed by atoms with van der Waals surface area (Å²) in [6.45, 7) is 5.45. The molecule has 0 radical (unpaired) electrons. The molecule has 0 saturated carbocycles. The van der Waals surface area contributed by atoms with Crippen LogP contribution in [0.1, 0.15) is 34.6 Å². The van der Waals surface area contributed by atoms with Gasteiger partial charge in [0.2, 0.25) is 0 Å². The Balaban J connectivity index is 2.03. The van der Waals surface area contributed by atoms with E-state index in [0.29, 0.717) is 12.2 Å². The number of aromatic nitrogens is 1. The van der Waals surface area contributed by atoms with Crippen LogP contribution in [0.15, 0.2) is 39.5 Å². The lowest BCUT2D eigenvalue weighted by atomic mass is 10.1. The Morgan fingerprint density at radius 1 is 1.33 bits per heavy atom. The molecule has 0 spiro atoms. The van der Waals surface area contributed by atoms with Crippen LogP contribution in [0.3, 0.4) is 0 Å². The quantitative estimate of drug-likeness (QED) is 0.933. The number of hydrogen-bond acceptors (Lipinski definition) is 4. The van der Waals surface area contributed by atoms with Crippen molar-refractivity contribution < 1.29 is 9.21 Å². The second kappa shape index (κ2) is 6.35. The standard InChI is InChI=1S/C16H18N2O3/c1-10-5-4-6-13(17-10)7-11(2)18-16(20)15-9-14(19)8-12(3)21-15/h4-6,8-9,11H,7H2,1-3H3,(H,18,20)/t11-/m1/s1. The van der Waals surface area contributed by atoms with Crippen molar-refractivity contribution in [1.29, 1.82) is 0 Å². The summed E-state index contributed by atoms with van der Waals surface area (Å²) >= 11 is 0. The van der Waals surface area contributed by atoms with Crippen molar-refractivity contribution in [2.24, 2.45) is 0 Å². The zero-order valence-corrected chi connectivity index (χ0v) is 12.3. The first kappa shape index (κ1) is 15.0. The maximum Gasteiger partial charge on any atom is 0.287 e. The number of amides is 1. The van der Waals surface area contributed by atoms with Gasteiger partial charge in [-0.3, -0.25) is 14.6 Å². The van der Waals surface area contributed by atoms with Crippen molar-refractivity contribution in [3.8, 4) is 0 Å². The molecular weight excluding hydrogens is 268 g/mol. The molecule has 1 atom stereocenters. The van der Waals surface area contributed by atoms with E-state index in [9.17, 15) is 9.59 Å². The molecule has 21 heavy (non-hydrogen) atoms. The van der Waals surface area contributed by atoms with E-state index in [1.165, 1.54) is 12.1 Å². The molecule has 5 heteroatoms. The SMILES string of the molecule is Cc1cccc(C[C@@H](C)NC(=O)c2cc(=O)cc(C)o2)n1. The summed E-state index contributed by atoms with van der Waals surface area (Å²) in [6, 6.07) is 8.21. The zero-order valence-electron chi connectivity index (χ0n) is 12.3. The molecule has 2 aromatic rings. The molecule has 1 amide bonds. The number of nitrogens with one attached hydrogen (secondary N) is 1. The van der Waals surface area contributed by atoms with Crippen molar-refractivity contribution in [3.05, 3.63) is 63.5 Å². The molecule has 0 aliphatic heterocycles. The largest absolute Gasteiger partial charge is 0.456 e. The third kappa shape index (κ3) is 4.27. The van der Waals surface area contributed by atoms with Gasteiger partial charge in [-0.25, -0.2) is 0 Å². The van der Waals surface area contributed by atoms with Crippen molar-refractivity contribution in [2.45, 2.75) is 33.2 Å². The molecule has 110 valence electrons. The van der Waals surface area contributed by atoms with Gasteiger partial charge < -0.3 is 9.73 Å². The molecule has 5 nitrogen and oxygen atoms in total. The molecule has 0 unspecified atom stereocenters. The van der Waals surface area contributed by atoms with E-state index < -0.39 is 5.91 Å². The monoisotopic (exact) mass is 286 g/mol. The zero-order chi connectivity index (χ0) is 15.4. The number of rotatable bonds is 4. The van der Waals surface area contributed by atoms with E-state index in [0.717, 1.165) is 11.4 Å². The average Bonchev–Trinajstić information content (AvgIpc) is 2.37. The van der Waals surface area contributed by atoms with Gasteiger partial charge in [-0.2, -0.15) is 0 Å². The highest BCUT2D eigenvalue weighted by Crippen LogP contribution is 2.04. The number of hydrogen-bond donors (Lipinski definition) is 1. The van der Waals surface area contributed by atoms with Gasteiger partial charge in [-0.05, 0) is 32.9 Å². The lowest BCUT2D eigenvalue weighted by molar-refractivity contribution is 0.0907. The van der Waals surface area contributed by atoms with Crippen LogP contribution in [-0.4, -0.2) is 16.9 Å². The molecule has 0 saturated heterocycles. The van der Waals surface area contributed by atoms with E-state index in [4.69, 9.17) is 4.42 Å². The number of carbonyl (C=O) groups excluding carboxylic acids is 1. The Morgan fingerprint density at radius 2 is 2.10 bits per heavy atom.